The average molecular weight is 346 g/mol. The van der Waals surface area contributed by atoms with Crippen LogP contribution in [0.4, 0.5) is 0 Å². The monoisotopic (exact) mass is 348 g/mol. The predicted octanol–water partition coefficient (Wildman–Crippen LogP) is 3.68. The van der Waals surface area contributed by atoms with Gasteiger partial charge in [0, 0.05) is 0 Å². The normalized spacial score (nSPS) is 10.1. The summed E-state index contributed by atoms with van der Waals surface area (Å²) in [7, 11) is 0. The average Bonchev–Trinajstić information content (AvgIpc) is 2.42. The van der Waals surface area contributed by atoms with Gasteiger partial charge < -0.3 is 0 Å². The number of aryl methyl sites for hydroxylation is 1. The Kier molecular flexibility index (Phi) is 5.10. The molecule has 2 rings (SSSR count). The molecule has 0 N–H and O–H groups in total. The molecule has 1 heteroatoms. The van der Waals surface area contributed by atoms with Crippen LogP contribution in [0.1, 0.15) is 16.7 Å². The van der Waals surface area contributed by atoms with Crippen molar-refractivity contribution in [3.05, 3.63) is 75.4 Å². The molecule has 0 amide bonds. The van der Waals surface area contributed by atoms with E-state index in [1.807, 2.05) is 30.3 Å². The number of benzene rings is 2. The van der Waals surface area contributed by atoms with E-state index in [-0.39, 0.29) is 20.9 Å². The molecule has 0 saturated carbocycles. The molecule has 0 aliphatic carbocycles. The first-order chi connectivity index (χ1) is 8.84. The van der Waals surface area contributed by atoms with Gasteiger partial charge in [-0.1, -0.05) is 0 Å². The van der Waals surface area contributed by atoms with Crippen LogP contribution in [0.5, 0.6) is 0 Å². The van der Waals surface area contributed by atoms with Gasteiger partial charge in [-0.05, 0) is 0 Å². The molecule has 0 bridgehead atoms. The van der Waals surface area contributed by atoms with Crippen molar-refractivity contribution in [1.82, 2.24) is 0 Å². The predicted molar refractivity (Wildman–Crippen MR) is 79.3 cm³/mol. The molecule has 0 saturated heterocycles. The molecule has 88 valence electrons. The molecule has 0 atom stereocenters. The van der Waals surface area contributed by atoms with Gasteiger partial charge >= 0.3 is 119 Å². The standard InChI is InChI=1S/C17H14Te/c1-15-7-9-17(10-8-15)12-14-18-13-11-16-5-3-2-4-6-16/h2-10,12,14H,1H3/b14-12+. The Morgan fingerprint density at radius 1 is 0.944 bits per heavy atom. The van der Waals surface area contributed by atoms with Crippen molar-refractivity contribution in [3.8, 4) is 9.89 Å². The Bertz CT molecular complexity index is 569. The fourth-order valence-corrected chi connectivity index (χ4v) is 2.78. The molecule has 0 unspecified atom stereocenters. The summed E-state index contributed by atoms with van der Waals surface area (Å²) in [5, 5.41) is 0. The number of hydrogen-bond acceptors (Lipinski definition) is 0. The van der Waals surface area contributed by atoms with Gasteiger partial charge in [0.15, 0.2) is 0 Å². The Hall–Kier alpha value is -1.47. The summed E-state index contributed by atoms with van der Waals surface area (Å²) in [5.41, 5.74) is 3.66. The summed E-state index contributed by atoms with van der Waals surface area (Å²) >= 11 is -0.350. The second kappa shape index (κ2) is 7.07. The topological polar surface area (TPSA) is 0 Å². The molecule has 0 aliphatic heterocycles. The molecule has 2 aromatic carbocycles. The van der Waals surface area contributed by atoms with Crippen LogP contribution in [-0.2, 0) is 0 Å². The van der Waals surface area contributed by atoms with Crippen molar-refractivity contribution in [1.29, 1.82) is 0 Å². The molecule has 0 aliphatic rings. The molecule has 18 heavy (non-hydrogen) atoms. The number of rotatable bonds is 2. The van der Waals surface area contributed by atoms with Crippen LogP contribution in [0.3, 0.4) is 0 Å². The number of hydrogen-bond donors (Lipinski definition) is 0. The van der Waals surface area contributed by atoms with Crippen LogP contribution >= 0.6 is 0 Å². The molecule has 2 aromatic rings. The second-order valence-corrected chi connectivity index (χ2v) is 5.96. The summed E-state index contributed by atoms with van der Waals surface area (Å²) in [6, 6.07) is 18.7. The van der Waals surface area contributed by atoms with E-state index < -0.39 is 0 Å². The third-order valence-corrected chi connectivity index (χ3v) is 3.84. The quantitative estimate of drug-likeness (QED) is 0.575. The minimum atomic E-state index is -0.350. The van der Waals surface area contributed by atoms with Crippen molar-refractivity contribution < 1.29 is 0 Å². The van der Waals surface area contributed by atoms with Crippen LogP contribution in [0.25, 0.3) is 6.08 Å². The first kappa shape index (κ1) is 13.0. The van der Waals surface area contributed by atoms with Crippen LogP contribution in [-0.4, -0.2) is 20.9 Å². The van der Waals surface area contributed by atoms with Gasteiger partial charge in [-0.15, -0.1) is 0 Å². The van der Waals surface area contributed by atoms with Crippen molar-refractivity contribution >= 4 is 27.0 Å². The zero-order valence-electron chi connectivity index (χ0n) is 10.3. The Labute approximate surface area is 119 Å². The van der Waals surface area contributed by atoms with E-state index >= 15 is 0 Å². The molecule has 0 fully saturated rings. The summed E-state index contributed by atoms with van der Waals surface area (Å²) in [6.07, 6.45) is 2.17. The molecule has 0 spiro atoms. The van der Waals surface area contributed by atoms with Gasteiger partial charge in [0.05, 0.1) is 0 Å². The van der Waals surface area contributed by atoms with Gasteiger partial charge in [-0.25, -0.2) is 0 Å². The molecular weight excluding hydrogens is 332 g/mol. The molecule has 0 nitrogen and oxygen atoms in total. The fraction of sp³-hybridized carbons (Fsp3) is 0.0588. The summed E-state index contributed by atoms with van der Waals surface area (Å²) in [5.74, 6) is 3.20. The molecule has 0 heterocycles. The first-order valence-electron chi connectivity index (χ1n) is 5.79. The van der Waals surface area contributed by atoms with Gasteiger partial charge in [0.25, 0.3) is 0 Å². The summed E-state index contributed by atoms with van der Waals surface area (Å²) in [6.45, 7) is 2.10. The molecular formula is C17H14Te. The van der Waals surface area contributed by atoms with Crippen LogP contribution in [0, 0.1) is 16.8 Å². The fourth-order valence-electron chi connectivity index (χ4n) is 1.43. The van der Waals surface area contributed by atoms with Crippen LogP contribution in [0.2, 0.25) is 0 Å². The molecule has 0 aromatic heterocycles. The van der Waals surface area contributed by atoms with Crippen molar-refractivity contribution in [2.24, 2.45) is 0 Å². The van der Waals surface area contributed by atoms with E-state index in [9.17, 15) is 0 Å². The van der Waals surface area contributed by atoms with E-state index in [1.165, 1.54) is 11.1 Å². The Morgan fingerprint density at radius 3 is 2.39 bits per heavy atom. The molecule has 0 radical (unpaired) electrons. The third-order valence-electron chi connectivity index (χ3n) is 2.43. The summed E-state index contributed by atoms with van der Waals surface area (Å²) in [4.78, 5) is 0. The van der Waals surface area contributed by atoms with E-state index in [0.29, 0.717) is 0 Å². The minimum absolute atomic E-state index is 0.350. The van der Waals surface area contributed by atoms with E-state index in [4.69, 9.17) is 0 Å². The maximum atomic E-state index is 3.28. The van der Waals surface area contributed by atoms with Crippen molar-refractivity contribution in [2.45, 2.75) is 6.92 Å². The van der Waals surface area contributed by atoms with Gasteiger partial charge in [0.2, 0.25) is 0 Å². The van der Waals surface area contributed by atoms with Crippen molar-refractivity contribution in [3.63, 3.8) is 0 Å². The van der Waals surface area contributed by atoms with Gasteiger partial charge in [-0.3, -0.25) is 0 Å². The Balaban J connectivity index is 1.89. The zero-order chi connectivity index (χ0) is 12.6. The third kappa shape index (κ3) is 4.42. The Morgan fingerprint density at radius 2 is 1.67 bits per heavy atom. The second-order valence-electron chi connectivity index (χ2n) is 3.92. The van der Waals surface area contributed by atoms with Crippen LogP contribution < -0.4 is 0 Å². The van der Waals surface area contributed by atoms with E-state index in [2.05, 4.69) is 51.3 Å². The van der Waals surface area contributed by atoms with Gasteiger partial charge in [-0.2, -0.15) is 0 Å². The van der Waals surface area contributed by atoms with Crippen molar-refractivity contribution in [2.75, 3.05) is 0 Å². The maximum absolute atomic E-state index is 3.28. The zero-order valence-corrected chi connectivity index (χ0v) is 12.6. The van der Waals surface area contributed by atoms with Crippen LogP contribution in [0.15, 0.2) is 58.7 Å². The van der Waals surface area contributed by atoms with E-state index in [0.717, 1.165) is 5.56 Å². The summed E-state index contributed by atoms with van der Waals surface area (Å²) < 4.78 is 5.50. The SMILES string of the molecule is Cc1ccc(/C=C/[Te]C#Cc2ccccc2)cc1. The van der Waals surface area contributed by atoms with E-state index in [1.54, 1.807) is 0 Å². The van der Waals surface area contributed by atoms with Gasteiger partial charge in [0.1, 0.15) is 0 Å². The first-order valence-corrected chi connectivity index (χ1v) is 8.30.